The van der Waals surface area contributed by atoms with Gasteiger partial charge in [0.1, 0.15) is 12.3 Å². The van der Waals surface area contributed by atoms with Gasteiger partial charge in [0.2, 0.25) is 0 Å². The van der Waals surface area contributed by atoms with Gasteiger partial charge in [0, 0.05) is 18.5 Å². The number of fused-ring (bicyclic) bond motifs is 4. The molecule has 2 aliphatic rings. The molecule has 0 bridgehead atoms. The second kappa shape index (κ2) is 7.30. The van der Waals surface area contributed by atoms with E-state index in [0.717, 1.165) is 34.2 Å². The Balaban J connectivity index is 1.42. The Hall–Kier alpha value is -3.67. The molecule has 0 aromatic heterocycles. The summed E-state index contributed by atoms with van der Waals surface area (Å²) < 4.78 is 5.74. The van der Waals surface area contributed by atoms with Crippen LogP contribution in [-0.2, 0) is 11.2 Å². The number of aryl methyl sites for hydroxylation is 1. The Bertz CT molecular complexity index is 1110. The number of hydrogen-bond donors (Lipinski definition) is 0. The minimum absolute atomic E-state index is 0.0450. The van der Waals surface area contributed by atoms with Crippen molar-refractivity contribution >= 4 is 17.5 Å². The van der Waals surface area contributed by atoms with Crippen molar-refractivity contribution in [3.05, 3.63) is 93.5 Å². The van der Waals surface area contributed by atoms with Gasteiger partial charge in [-0.05, 0) is 40.7 Å². The van der Waals surface area contributed by atoms with Crippen molar-refractivity contribution < 1.29 is 14.5 Å². The highest BCUT2D eigenvalue weighted by Crippen LogP contribution is 2.44. The van der Waals surface area contributed by atoms with Gasteiger partial charge in [-0.15, -0.1) is 0 Å². The lowest BCUT2D eigenvalue weighted by Gasteiger charge is -2.28. The third kappa shape index (κ3) is 2.92. The van der Waals surface area contributed by atoms with Gasteiger partial charge in [0.25, 0.3) is 5.69 Å². The van der Waals surface area contributed by atoms with Gasteiger partial charge in [-0.25, -0.2) is 4.79 Å². The summed E-state index contributed by atoms with van der Waals surface area (Å²) >= 11 is 0. The van der Waals surface area contributed by atoms with Crippen LogP contribution in [0.5, 0.6) is 0 Å². The molecule has 0 atom stereocenters. The molecule has 0 unspecified atom stereocenters. The Kier molecular flexibility index (Phi) is 4.47. The van der Waals surface area contributed by atoms with Crippen LogP contribution >= 0.6 is 0 Å². The number of anilines is 1. The third-order valence-electron chi connectivity index (χ3n) is 5.95. The molecule has 1 heterocycles. The molecule has 0 fully saturated rings. The van der Waals surface area contributed by atoms with Crippen LogP contribution in [0.25, 0.3) is 11.1 Å². The van der Waals surface area contributed by atoms with E-state index in [-0.39, 0.29) is 18.2 Å². The van der Waals surface area contributed by atoms with Gasteiger partial charge in [-0.1, -0.05) is 60.7 Å². The molecule has 1 aliphatic carbocycles. The lowest BCUT2D eigenvalue weighted by atomic mass is 9.98. The topological polar surface area (TPSA) is 72.7 Å². The lowest BCUT2D eigenvalue weighted by Crippen LogP contribution is -2.37. The highest BCUT2D eigenvalue weighted by molar-refractivity contribution is 5.92. The number of nitro benzene ring substituents is 1. The zero-order valence-electron chi connectivity index (χ0n) is 16.3. The Morgan fingerprint density at radius 1 is 1.00 bits per heavy atom. The summed E-state index contributed by atoms with van der Waals surface area (Å²) in [6.45, 7) is 0.605. The fourth-order valence-electron chi connectivity index (χ4n) is 4.63. The number of para-hydroxylation sites is 1. The number of nitro groups is 1. The monoisotopic (exact) mass is 400 g/mol. The van der Waals surface area contributed by atoms with E-state index in [4.69, 9.17) is 4.74 Å². The molecule has 5 rings (SSSR count). The molecular formula is C24H20N2O4. The number of rotatable bonds is 3. The van der Waals surface area contributed by atoms with Crippen LogP contribution in [0.4, 0.5) is 16.2 Å². The highest BCUT2D eigenvalue weighted by atomic mass is 16.6. The van der Waals surface area contributed by atoms with E-state index in [9.17, 15) is 14.9 Å². The zero-order chi connectivity index (χ0) is 20.7. The standard InChI is InChI=1S/C24H20N2O4/c27-24(25-14-6-8-16-7-5-13-22(23(16)25)26(28)29)30-15-21-19-11-3-1-9-17(19)18-10-2-4-12-20(18)21/h1-5,7,9-13,21H,6,8,14-15H2. The maximum atomic E-state index is 13.0. The molecule has 1 aliphatic heterocycles. The second-order valence-electron chi connectivity index (χ2n) is 7.60. The molecule has 3 aromatic rings. The van der Waals surface area contributed by atoms with Crippen molar-refractivity contribution in [2.75, 3.05) is 18.1 Å². The minimum atomic E-state index is -0.535. The molecular weight excluding hydrogens is 380 g/mol. The molecule has 6 nitrogen and oxygen atoms in total. The van der Waals surface area contributed by atoms with Gasteiger partial charge >= 0.3 is 6.09 Å². The van der Waals surface area contributed by atoms with Crippen molar-refractivity contribution in [2.24, 2.45) is 0 Å². The SMILES string of the molecule is O=C(OCC1c2ccccc2-c2ccccc21)N1CCCc2cccc([N+](=O)[O-])c21. The van der Waals surface area contributed by atoms with Gasteiger partial charge < -0.3 is 4.74 Å². The van der Waals surface area contributed by atoms with Gasteiger partial charge in [-0.2, -0.15) is 0 Å². The number of carbonyl (C=O) groups excluding carboxylic acids is 1. The molecule has 0 saturated carbocycles. The second-order valence-corrected chi connectivity index (χ2v) is 7.60. The summed E-state index contributed by atoms with van der Waals surface area (Å²) in [7, 11) is 0. The third-order valence-corrected chi connectivity index (χ3v) is 5.95. The summed E-state index contributed by atoms with van der Waals surface area (Å²) in [6, 6.07) is 21.2. The maximum Gasteiger partial charge on any atom is 0.414 e. The Morgan fingerprint density at radius 3 is 2.33 bits per heavy atom. The molecule has 1 amide bonds. The fraction of sp³-hybridized carbons (Fsp3) is 0.208. The summed E-state index contributed by atoms with van der Waals surface area (Å²) in [4.78, 5) is 25.5. The van der Waals surface area contributed by atoms with Crippen molar-refractivity contribution in [2.45, 2.75) is 18.8 Å². The predicted octanol–water partition coefficient (Wildman–Crippen LogP) is 5.30. The number of nitrogens with zero attached hydrogens (tertiary/aromatic N) is 2. The molecule has 6 heteroatoms. The first-order chi connectivity index (χ1) is 14.6. The number of amides is 1. The van der Waals surface area contributed by atoms with Crippen LogP contribution in [0.3, 0.4) is 0 Å². The van der Waals surface area contributed by atoms with E-state index in [0.29, 0.717) is 18.7 Å². The molecule has 0 spiro atoms. The Labute approximate surface area is 173 Å². The first-order valence-electron chi connectivity index (χ1n) is 10.0. The van der Waals surface area contributed by atoms with Crippen molar-refractivity contribution in [1.29, 1.82) is 0 Å². The average Bonchev–Trinajstić information content (AvgIpc) is 3.10. The van der Waals surface area contributed by atoms with Crippen LogP contribution in [0.2, 0.25) is 0 Å². The van der Waals surface area contributed by atoms with Gasteiger partial charge in [0.15, 0.2) is 0 Å². The van der Waals surface area contributed by atoms with Gasteiger partial charge in [-0.3, -0.25) is 15.0 Å². The average molecular weight is 400 g/mol. The van der Waals surface area contributed by atoms with Crippen molar-refractivity contribution in [3.63, 3.8) is 0 Å². The van der Waals surface area contributed by atoms with E-state index in [1.54, 1.807) is 6.07 Å². The van der Waals surface area contributed by atoms with E-state index in [2.05, 4.69) is 24.3 Å². The van der Waals surface area contributed by atoms with Crippen LogP contribution in [-0.4, -0.2) is 24.2 Å². The Morgan fingerprint density at radius 2 is 1.67 bits per heavy atom. The summed E-state index contributed by atoms with van der Waals surface area (Å²) in [6.07, 6.45) is 0.926. The van der Waals surface area contributed by atoms with Crippen LogP contribution < -0.4 is 4.90 Å². The fourth-order valence-corrected chi connectivity index (χ4v) is 4.63. The van der Waals surface area contributed by atoms with Crippen molar-refractivity contribution in [1.82, 2.24) is 0 Å². The molecule has 30 heavy (non-hydrogen) atoms. The van der Waals surface area contributed by atoms with Crippen LogP contribution in [0.1, 0.15) is 29.0 Å². The lowest BCUT2D eigenvalue weighted by molar-refractivity contribution is -0.384. The number of ether oxygens (including phenoxy) is 1. The van der Waals surface area contributed by atoms with E-state index in [1.807, 2.05) is 30.3 Å². The highest BCUT2D eigenvalue weighted by Gasteiger charge is 2.33. The normalized spacial score (nSPS) is 14.6. The number of hydrogen-bond acceptors (Lipinski definition) is 4. The maximum absolute atomic E-state index is 13.0. The largest absolute Gasteiger partial charge is 0.448 e. The number of carbonyl (C=O) groups is 1. The summed E-state index contributed by atoms with van der Waals surface area (Å²) in [5.41, 5.74) is 5.71. The first-order valence-corrected chi connectivity index (χ1v) is 10.0. The van der Waals surface area contributed by atoms with E-state index >= 15 is 0 Å². The predicted molar refractivity (Wildman–Crippen MR) is 114 cm³/mol. The van der Waals surface area contributed by atoms with Gasteiger partial charge in [0.05, 0.1) is 4.92 Å². The van der Waals surface area contributed by atoms with Crippen LogP contribution in [0.15, 0.2) is 66.7 Å². The minimum Gasteiger partial charge on any atom is -0.448 e. The molecule has 3 aromatic carbocycles. The smallest absolute Gasteiger partial charge is 0.414 e. The van der Waals surface area contributed by atoms with E-state index < -0.39 is 11.0 Å². The molecule has 0 N–H and O–H groups in total. The number of benzene rings is 3. The summed E-state index contributed by atoms with van der Waals surface area (Å²) in [5.74, 6) is -0.0450. The van der Waals surface area contributed by atoms with Crippen molar-refractivity contribution in [3.8, 4) is 11.1 Å². The quantitative estimate of drug-likeness (QED) is 0.442. The van der Waals surface area contributed by atoms with Crippen LogP contribution in [0, 0.1) is 10.1 Å². The zero-order valence-corrected chi connectivity index (χ0v) is 16.3. The summed E-state index contributed by atoms with van der Waals surface area (Å²) in [5, 5.41) is 11.5. The molecule has 150 valence electrons. The molecule has 0 radical (unpaired) electrons. The first kappa shape index (κ1) is 18.4. The van der Waals surface area contributed by atoms with E-state index in [1.165, 1.54) is 11.0 Å². The molecule has 0 saturated heterocycles.